The van der Waals surface area contributed by atoms with Crippen LogP contribution in [0, 0.1) is 5.41 Å². The first-order valence-electron chi connectivity index (χ1n) is 11.2. The van der Waals surface area contributed by atoms with Gasteiger partial charge in [-0.1, -0.05) is 24.3 Å². The summed E-state index contributed by atoms with van der Waals surface area (Å²) in [6.07, 6.45) is 7.17. The third kappa shape index (κ3) is 4.03. The van der Waals surface area contributed by atoms with Crippen molar-refractivity contribution in [3.8, 4) is 0 Å². The number of amides is 1. The predicted molar refractivity (Wildman–Crippen MR) is 119 cm³/mol. The SMILES string of the molecule is COCCN1CC=CC[C@]2(CCCN(Cc3nc4ccccc4n3C(C)C)C2)C1=O. The second kappa shape index (κ2) is 8.90. The molecule has 0 aliphatic carbocycles. The predicted octanol–water partition coefficient (Wildman–Crippen LogP) is 3.63. The highest BCUT2D eigenvalue weighted by molar-refractivity contribution is 5.84. The first-order chi connectivity index (χ1) is 14.5. The van der Waals surface area contributed by atoms with Gasteiger partial charge in [0.15, 0.2) is 0 Å². The molecule has 1 amide bonds. The second-order valence-electron chi connectivity index (χ2n) is 8.99. The van der Waals surface area contributed by atoms with E-state index in [1.807, 2.05) is 11.0 Å². The van der Waals surface area contributed by atoms with Gasteiger partial charge in [0.2, 0.25) is 5.91 Å². The average Bonchev–Trinajstić information content (AvgIpc) is 3.04. The number of methoxy groups -OCH3 is 1. The molecule has 1 aromatic heterocycles. The Hall–Kier alpha value is -2.18. The van der Waals surface area contributed by atoms with E-state index >= 15 is 0 Å². The molecule has 2 aromatic rings. The van der Waals surface area contributed by atoms with E-state index < -0.39 is 0 Å². The van der Waals surface area contributed by atoms with Gasteiger partial charge in [0.1, 0.15) is 5.82 Å². The number of hydrogen-bond acceptors (Lipinski definition) is 4. The van der Waals surface area contributed by atoms with E-state index in [9.17, 15) is 4.79 Å². The molecule has 0 saturated carbocycles. The fraction of sp³-hybridized carbons (Fsp3) is 0.583. The molecule has 1 spiro atoms. The largest absolute Gasteiger partial charge is 0.383 e. The molecule has 0 bridgehead atoms. The number of allylic oxidation sites excluding steroid dienone is 1. The normalized spacial score (nSPS) is 23.1. The van der Waals surface area contributed by atoms with Crippen LogP contribution in [0.25, 0.3) is 11.0 Å². The maximum atomic E-state index is 13.5. The number of likely N-dealkylation sites (tertiary alicyclic amines) is 1. The van der Waals surface area contributed by atoms with E-state index in [1.165, 1.54) is 5.52 Å². The van der Waals surface area contributed by atoms with Crippen LogP contribution in [-0.2, 0) is 16.1 Å². The van der Waals surface area contributed by atoms with Crippen LogP contribution in [-0.4, -0.2) is 65.2 Å². The number of piperidine rings is 1. The fourth-order valence-electron chi connectivity index (χ4n) is 5.10. The molecule has 4 rings (SSSR count). The summed E-state index contributed by atoms with van der Waals surface area (Å²) in [6, 6.07) is 8.70. The average molecular weight is 411 g/mol. The maximum Gasteiger partial charge on any atom is 0.230 e. The lowest BCUT2D eigenvalue weighted by atomic mass is 9.76. The highest BCUT2D eigenvalue weighted by atomic mass is 16.5. The molecule has 1 atom stereocenters. The van der Waals surface area contributed by atoms with Gasteiger partial charge < -0.3 is 14.2 Å². The van der Waals surface area contributed by atoms with Gasteiger partial charge >= 0.3 is 0 Å². The molecule has 6 heteroatoms. The quantitative estimate of drug-likeness (QED) is 0.683. The van der Waals surface area contributed by atoms with Crippen LogP contribution in [0.3, 0.4) is 0 Å². The lowest BCUT2D eigenvalue weighted by Crippen LogP contribution is -2.52. The number of imidazole rings is 1. The molecule has 3 heterocycles. The smallest absolute Gasteiger partial charge is 0.230 e. The van der Waals surface area contributed by atoms with Crippen molar-refractivity contribution in [2.75, 3.05) is 39.9 Å². The van der Waals surface area contributed by atoms with Crippen LogP contribution in [0.15, 0.2) is 36.4 Å². The number of para-hydroxylation sites is 2. The van der Waals surface area contributed by atoms with Crippen LogP contribution in [0.2, 0.25) is 0 Å². The molecule has 30 heavy (non-hydrogen) atoms. The first kappa shape index (κ1) is 21.1. The number of aromatic nitrogens is 2. The Bertz CT molecular complexity index is 919. The van der Waals surface area contributed by atoms with Crippen molar-refractivity contribution in [3.05, 3.63) is 42.2 Å². The number of rotatable bonds is 6. The van der Waals surface area contributed by atoms with Crippen LogP contribution in [0.4, 0.5) is 0 Å². The van der Waals surface area contributed by atoms with Crippen LogP contribution < -0.4 is 0 Å². The summed E-state index contributed by atoms with van der Waals surface area (Å²) in [5.74, 6) is 1.38. The van der Waals surface area contributed by atoms with Gasteiger partial charge in [0.25, 0.3) is 0 Å². The Balaban J connectivity index is 1.57. The molecule has 1 aromatic carbocycles. The number of carbonyl (C=O) groups excluding carboxylic acids is 1. The number of carbonyl (C=O) groups is 1. The van der Waals surface area contributed by atoms with Gasteiger partial charge in [-0.3, -0.25) is 9.69 Å². The van der Waals surface area contributed by atoms with Gasteiger partial charge in [-0.2, -0.15) is 0 Å². The van der Waals surface area contributed by atoms with Crippen LogP contribution in [0.1, 0.15) is 45.0 Å². The van der Waals surface area contributed by atoms with Crippen LogP contribution in [0.5, 0.6) is 0 Å². The van der Waals surface area contributed by atoms with E-state index in [0.29, 0.717) is 25.7 Å². The molecule has 2 aliphatic heterocycles. The summed E-state index contributed by atoms with van der Waals surface area (Å²) in [5.41, 5.74) is 1.91. The molecule has 0 N–H and O–H groups in total. The zero-order chi connectivity index (χ0) is 21.1. The minimum absolute atomic E-state index is 0.284. The van der Waals surface area contributed by atoms with Gasteiger partial charge in [-0.05, 0) is 51.8 Å². The minimum Gasteiger partial charge on any atom is -0.383 e. The monoisotopic (exact) mass is 410 g/mol. The second-order valence-corrected chi connectivity index (χ2v) is 8.99. The van der Waals surface area contributed by atoms with Gasteiger partial charge in [0.05, 0.1) is 29.6 Å². The van der Waals surface area contributed by atoms with Crippen molar-refractivity contribution in [2.45, 2.75) is 45.7 Å². The maximum absolute atomic E-state index is 13.5. The summed E-state index contributed by atoms with van der Waals surface area (Å²) >= 11 is 0. The summed E-state index contributed by atoms with van der Waals surface area (Å²) in [5, 5.41) is 0. The zero-order valence-corrected chi connectivity index (χ0v) is 18.5. The third-order valence-electron chi connectivity index (χ3n) is 6.51. The van der Waals surface area contributed by atoms with Crippen molar-refractivity contribution in [2.24, 2.45) is 5.41 Å². The highest BCUT2D eigenvalue weighted by Crippen LogP contribution is 2.38. The number of nitrogens with zero attached hydrogens (tertiary/aromatic N) is 4. The van der Waals surface area contributed by atoms with Gasteiger partial charge in [-0.25, -0.2) is 4.98 Å². The topological polar surface area (TPSA) is 50.6 Å². The molecule has 0 unspecified atom stereocenters. The van der Waals surface area contributed by atoms with E-state index in [4.69, 9.17) is 9.72 Å². The summed E-state index contributed by atoms with van der Waals surface area (Å²) in [4.78, 5) is 22.9. The number of benzene rings is 1. The van der Waals surface area contributed by atoms with Crippen molar-refractivity contribution < 1.29 is 9.53 Å². The molecular weight excluding hydrogens is 376 g/mol. The van der Waals surface area contributed by atoms with Crippen molar-refractivity contribution >= 4 is 16.9 Å². The molecule has 2 aliphatic rings. The Morgan fingerprint density at radius 3 is 2.87 bits per heavy atom. The van der Waals surface area contributed by atoms with Gasteiger partial charge in [-0.15, -0.1) is 0 Å². The van der Waals surface area contributed by atoms with E-state index in [1.54, 1.807) is 7.11 Å². The summed E-state index contributed by atoms with van der Waals surface area (Å²) in [6.45, 7) is 8.93. The highest BCUT2D eigenvalue weighted by Gasteiger charge is 2.44. The minimum atomic E-state index is -0.326. The fourth-order valence-corrected chi connectivity index (χ4v) is 5.10. The third-order valence-corrected chi connectivity index (χ3v) is 6.51. The molecular formula is C24H34N4O2. The Morgan fingerprint density at radius 1 is 1.23 bits per heavy atom. The van der Waals surface area contributed by atoms with Crippen molar-refractivity contribution in [1.29, 1.82) is 0 Å². The van der Waals surface area contributed by atoms with Gasteiger partial charge in [0, 0.05) is 32.8 Å². The Kier molecular flexibility index (Phi) is 6.25. The standard InChI is InChI=1S/C24H34N4O2/c1-19(2)28-21-10-5-4-9-20(21)25-22(28)17-26-13-8-12-24(18-26)11-6-7-14-27(23(24)29)15-16-30-3/h4-7,9-10,19H,8,11-18H2,1-3H3/t24-/m1/s1. The van der Waals surface area contributed by atoms with Crippen molar-refractivity contribution in [3.63, 3.8) is 0 Å². The van der Waals surface area contributed by atoms with E-state index in [0.717, 1.165) is 50.2 Å². The lowest BCUT2D eigenvalue weighted by molar-refractivity contribution is -0.145. The number of fused-ring (bicyclic) bond motifs is 1. The van der Waals surface area contributed by atoms with E-state index in [2.05, 4.69) is 53.7 Å². The number of ether oxygens (including phenoxy) is 1. The molecule has 6 nitrogen and oxygen atoms in total. The van der Waals surface area contributed by atoms with Crippen molar-refractivity contribution in [1.82, 2.24) is 19.4 Å². The summed E-state index contributed by atoms with van der Waals surface area (Å²) < 4.78 is 7.58. The molecule has 1 fully saturated rings. The number of hydrogen-bond donors (Lipinski definition) is 0. The lowest BCUT2D eigenvalue weighted by Gasteiger charge is -2.42. The van der Waals surface area contributed by atoms with Crippen LogP contribution >= 0.6 is 0 Å². The Labute approximate surface area is 179 Å². The first-order valence-corrected chi connectivity index (χ1v) is 11.2. The zero-order valence-electron chi connectivity index (χ0n) is 18.5. The molecule has 0 radical (unpaired) electrons. The molecule has 162 valence electrons. The molecule has 1 saturated heterocycles. The summed E-state index contributed by atoms with van der Waals surface area (Å²) in [7, 11) is 1.69. The van der Waals surface area contributed by atoms with E-state index in [-0.39, 0.29) is 11.3 Å². The Morgan fingerprint density at radius 2 is 2.07 bits per heavy atom.